The van der Waals surface area contributed by atoms with Crippen LogP contribution in [0.2, 0.25) is 0 Å². The van der Waals surface area contributed by atoms with Crippen LogP contribution < -0.4 is 0 Å². The van der Waals surface area contributed by atoms with Crippen LogP contribution in [0.15, 0.2) is 48.8 Å². The molecule has 5 rings (SSSR count). The van der Waals surface area contributed by atoms with Gasteiger partial charge >= 0.3 is 0 Å². The first-order valence-electron chi connectivity index (χ1n) is 11.2. The summed E-state index contributed by atoms with van der Waals surface area (Å²) in [5, 5.41) is 4.39. The Morgan fingerprint density at radius 1 is 0.903 bits per heavy atom. The Labute approximate surface area is 182 Å². The van der Waals surface area contributed by atoms with E-state index in [2.05, 4.69) is 17.2 Å². The van der Waals surface area contributed by atoms with Crippen LogP contribution in [-0.4, -0.2) is 57.4 Å². The van der Waals surface area contributed by atoms with Gasteiger partial charge in [0.05, 0.1) is 17.3 Å². The Bertz CT molecular complexity index is 1120. The minimum Gasteiger partial charge on any atom is -0.339 e. The Hall–Kier alpha value is -3.15. The van der Waals surface area contributed by atoms with Crippen molar-refractivity contribution >= 4 is 17.3 Å². The van der Waals surface area contributed by atoms with Crippen molar-refractivity contribution in [2.45, 2.75) is 38.5 Å². The van der Waals surface area contributed by atoms with Crippen molar-refractivity contribution in [1.82, 2.24) is 19.4 Å². The molecule has 0 bridgehead atoms. The Kier molecular flexibility index (Phi) is 5.22. The number of nitrogens with zero attached hydrogens (tertiary/aromatic N) is 4. The summed E-state index contributed by atoms with van der Waals surface area (Å²) in [6.07, 6.45) is 7.67. The number of aryl methyl sites for hydroxylation is 1. The van der Waals surface area contributed by atoms with Crippen molar-refractivity contribution < 1.29 is 9.59 Å². The van der Waals surface area contributed by atoms with E-state index in [-0.39, 0.29) is 11.8 Å². The van der Waals surface area contributed by atoms with Gasteiger partial charge in [-0.3, -0.25) is 9.59 Å². The molecule has 160 valence electrons. The zero-order valence-corrected chi connectivity index (χ0v) is 18.0. The van der Waals surface area contributed by atoms with E-state index in [0.29, 0.717) is 11.5 Å². The molecule has 6 nitrogen and oxygen atoms in total. The highest BCUT2D eigenvalue weighted by Gasteiger charge is 2.27. The van der Waals surface area contributed by atoms with Crippen LogP contribution in [0.1, 0.15) is 63.4 Å². The Morgan fingerprint density at radius 2 is 1.58 bits per heavy atom. The van der Waals surface area contributed by atoms with Gasteiger partial charge in [0, 0.05) is 37.9 Å². The molecule has 31 heavy (non-hydrogen) atoms. The van der Waals surface area contributed by atoms with E-state index in [1.54, 1.807) is 10.7 Å². The van der Waals surface area contributed by atoms with Crippen molar-refractivity contribution in [2.24, 2.45) is 0 Å². The molecule has 1 aromatic carbocycles. The van der Waals surface area contributed by atoms with E-state index in [1.165, 1.54) is 5.56 Å². The van der Waals surface area contributed by atoms with E-state index >= 15 is 0 Å². The molecule has 4 heterocycles. The lowest BCUT2D eigenvalue weighted by Gasteiger charge is -2.32. The number of hydrogen-bond acceptors (Lipinski definition) is 3. The van der Waals surface area contributed by atoms with Crippen molar-refractivity contribution in [3.8, 4) is 0 Å². The average Bonchev–Trinajstić information content (AvgIpc) is 3.48. The molecular formula is C25H28N4O2. The van der Waals surface area contributed by atoms with Gasteiger partial charge in [-0.15, -0.1) is 0 Å². The van der Waals surface area contributed by atoms with E-state index in [0.717, 1.165) is 68.5 Å². The number of fused-ring (bicyclic) bond motifs is 1. The number of carbonyl (C=O) groups is 2. The Balaban J connectivity index is 1.32. The number of hydrogen-bond donors (Lipinski definition) is 0. The third kappa shape index (κ3) is 3.71. The summed E-state index contributed by atoms with van der Waals surface area (Å²) in [5.74, 6) is 0.597. The summed E-state index contributed by atoms with van der Waals surface area (Å²) >= 11 is 0. The maximum absolute atomic E-state index is 12.9. The number of piperidine rings is 1. The second-order valence-corrected chi connectivity index (χ2v) is 8.73. The minimum absolute atomic E-state index is 0.0864. The molecule has 3 aromatic rings. The van der Waals surface area contributed by atoms with Gasteiger partial charge in [0.1, 0.15) is 0 Å². The highest BCUT2D eigenvalue weighted by Crippen LogP contribution is 2.30. The van der Waals surface area contributed by atoms with Gasteiger partial charge < -0.3 is 9.80 Å². The van der Waals surface area contributed by atoms with E-state index in [9.17, 15) is 9.59 Å². The molecule has 0 spiro atoms. The largest absolute Gasteiger partial charge is 0.339 e. The molecule has 6 heteroatoms. The topological polar surface area (TPSA) is 57.9 Å². The van der Waals surface area contributed by atoms with Crippen LogP contribution >= 0.6 is 0 Å². The van der Waals surface area contributed by atoms with Crippen molar-refractivity contribution in [1.29, 1.82) is 0 Å². The van der Waals surface area contributed by atoms with Crippen LogP contribution in [-0.2, 0) is 0 Å². The molecule has 2 fully saturated rings. The SMILES string of the molecule is Cc1ccccc1C(=O)N1CCC(c2ccn3ncc(C(=O)N4CCCC4)c3c2)CC1. The van der Waals surface area contributed by atoms with Crippen molar-refractivity contribution in [2.75, 3.05) is 26.2 Å². The highest BCUT2D eigenvalue weighted by atomic mass is 16.2. The van der Waals surface area contributed by atoms with Gasteiger partial charge in [-0.1, -0.05) is 18.2 Å². The maximum Gasteiger partial charge on any atom is 0.257 e. The quantitative estimate of drug-likeness (QED) is 0.651. The molecule has 0 unspecified atom stereocenters. The van der Waals surface area contributed by atoms with Crippen LogP contribution in [0.3, 0.4) is 0 Å². The van der Waals surface area contributed by atoms with E-state index in [4.69, 9.17) is 0 Å². The molecule has 0 saturated carbocycles. The lowest BCUT2D eigenvalue weighted by Crippen LogP contribution is -2.38. The summed E-state index contributed by atoms with van der Waals surface area (Å²) in [6, 6.07) is 12.0. The van der Waals surface area contributed by atoms with Gasteiger partial charge in [-0.2, -0.15) is 5.10 Å². The van der Waals surface area contributed by atoms with Gasteiger partial charge in [-0.25, -0.2) is 4.52 Å². The number of benzene rings is 1. The van der Waals surface area contributed by atoms with Crippen molar-refractivity contribution in [3.63, 3.8) is 0 Å². The highest BCUT2D eigenvalue weighted by molar-refractivity contribution is 6.00. The smallest absolute Gasteiger partial charge is 0.257 e. The first-order chi connectivity index (χ1) is 15.1. The van der Waals surface area contributed by atoms with Crippen molar-refractivity contribution in [3.05, 3.63) is 71.0 Å². The number of likely N-dealkylation sites (tertiary alicyclic amines) is 2. The molecule has 0 atom stereocenters. The summed E-state index contributed by atoms with van der Waals surface area (Å²) in [5.41, 5.74) is 4.62. The predicted octanol–water partition coefficient (Wildman–Crippen LogP) is 3.90. The molecule has 0 N–H and O–H groups in total. The first kappa shape index (κ1) is 19.8. The Morgan fingerprint density at radius 3 is 2.32 bits per heavy atom. The third-order valence-corrected chi connectivity index (χ3v) is 6.80. The fourth-order valence-electron chi connectivity index (χ4n) is 4.91. The fraction of sp³-hybridized carbons (Fsp3) is 0.400. The zero-order valence-electron chi connectivity index (χ0n) is 18.0. The fourth-order valence-corrected chi connectivity index (χ4v) is 4.91. The average molecular weight is 417 g/mol. The summed E-state index contributed by atoms with van der Waals surface area (Å²) in [7, 11) is 0. The lowest BCUT2D eigenvalue weighted by atomic mass is 9.89. The van der Waals surface area contributed by atoms with E-state index < -0.39 is 0 Å². The molecule has 2 aliphatic heterocycles. The lowest BCUT2D eigenvalue weighted by molar-refractivity contribution is 0.0711. The third-order valence-electron chi connectivity index (χ3n) is 6.80. The van der Waals surface area contributed by atoms with Crippen LogP contribution in [0, 0.1) is 6.92 Å². The van der Waals surface area contributed by atoms with Gasteiger partial charge in [0.25, 0.3) is 11.8 Å². The maximum atomic E-state index is 12.9. The monoisotopic (exact) mass is 416 g/mol. The standard InChI is InChI=1S/C25H28N4O2/c1-18-6-2-3-7-21(18)24(30)28-13-8-19(9-14-28)20-10-15-29-23(16-20)22(17-26-29)25(31)27-11-4-5-12-27/h2-3,6-7,10,15-17,19H,4-5,8-9,11-14H2,1H3. The number of aromatic nitrogens is 2. The van der Waals surface area contributed by atoms with Gasteiger partial charge in [-0.05, 0) is 67.9 Å². The number of rotatable bonds is 3. The number of pyridine rings is 1. The zero-order chi connectivity index (χ0) is 21.4. The molecule has 2 aromatic heterocycles. The molecule has 2 amide bonds. The molecule has 0 aliphatic carbocycles. The van der Waals surface area contributed by atoms with Gasteiger partial charge in [0.2, 0.25) is 0 Å². The summed E-state index contributed by atoms with van der Waals surface area (Å²) in [6.45, 7) is 5.16. The number of amides is 2. The first-order valence-corrected chi connectivity index (χ1v) is 11.2. The van der Waals surface area contributed by atoms with Crippen LogP contribution in [0.25, 0.3) is 5.52 Å². The molecule has 2 saturated heterocycles. The second kappa shape index (κ2) is 8.17. The van der Waals surface area contributed by atoms with Crippen LogP contribution in [0.5, 0.6) is 0 Å². The molecular weight excluding hydrogens is 388 g/mol. The summed E-state index contributed by atoms with van der Waals surface area (Å²) < 4.78 is 1.80. The predicted molar refractivity (Wildman–Crippen MR) is 119 cm³/mol. The normalized spacial score (nSPS) is 17.5. The molecule has 2 aliphatic rings. The summed E-state index contributed by atoms with van der Waals surface area (Å²) in [4.78, 5) is 29.7. The van der Waals surface area contributed by atoms with Crippen LogP contribution in [0.4, 0.5) is 0 Å². The number of carbonyl (C=O) groups excluding carboxylic acids is 2. The minimum atomic E-state index is 0.0864. The van der Waals surface area contributed by atoms with E-state index in [1.807, 2.05) is 47.2 Å². The molecule has 0 radical (unpaired) electrons. The van der Waals surface area contributed by atoms with Gasteiger partial charge in [0.15, 0.2) is 0 Å². The second-order valence-electron chi connectivity index (χ2n) is 8.73.